The van der Waals surface area contributed by atoms with Crippen molar-refractivity contribution in [3.8, 4) is 0 Å². The number of nitrogens with one attached hydrogen (secondary N) is 1. The SMILES string of the molecule is CCn1nccc1C(CCc1ccccc1)NN. The summed E-state index contributed by atoms with van der Waals surface area (Å²) in [5.74, 6) is 5.66. The van der Waals surface area contributed by atoms with E-state index in [0.29, 0.717) is 0 Å². The minimum atomic E-state index is 0.146. The Hall–Kier alpha value is -1.65. The molecule has 0 saturated heterocycles. The molecule has 1 aromatic heterocycles. The van der Waals surface area contributed by atoms with Gasteiger partial charge in [-0.1, -0.05) is 30.3 Å². The number of rotatable bonds is 6. The van der Waals surface area contributed by atoms with Gasteiger partial charge >= 0.3 is 0 Å². The fourth-order valence-corrected chi connectivity index (χ4v) is 2.18. The van der Waals surface area contributed by atoms with Gasteiger partial charge in [-0.15, -0.1) is 0 Å². The summed E-state index contributed by atoms with van der Waals surface area (Å²) in [5.41, 5.74) is 5.37. The van der Waals surface area contributed by atoms with Crippen LogP contribution in [0.15, 0.2) is 42.6 Å². The quantitative estimate of drug-likeness (QED) is 0.604. The Bertz CT molecular complexity index is 464. The lowest BCUT2D eigenvalue weighted by atomic mass is 10.0. The molecular formula is C14H20N4. The number of nitrogens with zero attached hydrogens (tertiary/aromatic N) is 2. The summed E-state index contributed by atoms with van der Waals surface area (Å²) in [6.07, 6.45) is 3.79. The normalized spacial score (nSPS) is 12.6. The van der Waals surface area contributed by atoms with Gasteiger partial charge in [0.15, 0.2) is 0 Å². The second-order valence-corrected chi connectivity index (χ2v) is 4.32. The first kappa shape index (κ1) is 12.8. The highest BCUT2D eigenvalue weighted by molar-refractivity contribution is 5.16. The molecule has 1 aromatic carbocycles. The summed E-state index contributed by atoms with van der Waals surface area (Å²) in [6, 6.07) is 12.6. The highest BCUT2D eigenvalue weighted by Gasteiger charge is 2.13. The van der Waals surface area contributed by atoms with Crippen molar-refractivity contribution in [2.45, 2.75) is 32.4 Å². The molecule has 4 heteroatoms. The Morgan fingerprint density at radius 2 is 2.06 bits per heavy atom. The van der Waals surface area contributed by atoms with E-state index in [1.54, 1.807) is 0 Å². The lowest BCUT2D eigenvalue weighted by molar-refractivity contribution is 0.467. The Labute approximate surface area is 108 Å². The third kappa shape index (κ3) is 2.97. The fraction of sp³-hybridized carbons (Fsp3) is 0.357. The second-order valence-electron chi connectivity index (χ2n) is 4.32. The first-order valence-electron chi connectivity index (χ1n) is 6.37. The van der Waals surface area contributed by atoms with Crippen LogP contribution in [-0.2, 0) is 13.0 Å². The lowest BCUT2D eigenvalue weighted by Gasteiger charge is -2.17. The number of aryl methyl sites for hydroxylation is 2. The molecule has 96 valence electrons. The first-order valence-corrected chi connectivity index (χ1v) is 6.37. The van der Waals surface area contributed by atoms with Crippen LogP contribution in [0.2, 0.25) is 0 Å². The van der Waals surface area contributed by atoms with Gasteiger partial charge < -0.3 is 0 Å². The van der Waals surface area contributed by atoms with E-state index in [0.717, 1.165) is 25.1 Å². The van der Waals surface area contributed by atoms with Gasteiger partial charge in [0.05, 0.1) is 11.7 Å². The van der Waals surface area contributed by atoms with E-state index in [1.807, 2.05) is 23.0 Å². The van der Waals surface area contributed by atoms with Crippen LogP contribution < -0.4 is 11.3 Å². The zero-order valence-corrected chi connectivity index (χ0v) is 10.7. The third-order valence-electron chi connectivity index (χ3n) is 3.17. The number of nitrogens with two attached hydrogens (primary N) is 1. The van der Waals surface area contributed by atoms with Crippen molar-refractivity contribution in [2.75, 3.05) is 0 Å². The molecule has 0 aliphatic heterocycles. The second kappa shape index (κ2) is 6.33. The molecule has 0 saturated carbocycles. The molecule has 4 nitrogen and oxygen atoms in total. The summed E-state index contributed by atoms with van der Waals surface area (Å²) in [5, 5.41) is 4.28. The van der Waals surface area contributed by atoms with Gasteiger partial charge in [0.1, 0.15) is 0 Å². The molecule has 0 spiro atoms. The standard InChI is InChI=1S/C14H20N4/c1-2-18-14(10-11-16-18)13(17-15)9-8-12-6-4-3-5-7-12/h3-7,10-11,13,17H,2,8-9,15H2,1H3. The Morgan fingerprint density at radius 1 is 1.28 bits per heavy atom. The Balaban J connectivity index is 2.02. The molecule has 0 amide bonds. The van der Waals surface area contributed by atoms with E-state index >= 15 is 0 Å². The summed E-state index contributed by atoms with van der Waals surface area (Å²) in [6.45, 7) is 2.95. The molecule has 2 rings (SSSR count). The smallest absolute Gasteiger partial charge is 0.0632 e. The molecule has 1 heterocycles. The molecular weight excluding hydrogens is 224 g/mol. The van der Waals surface area contributed by atoms with Crippen LogP contribution in [0.3, 0.4) is 0 Å². The number of hydrazine groups is 1. The molecule has 18 heavy (non-hydrogen) atoms. The van der Waals surface area contributed by atoms with Crippen LogP contribution in [0.25, 0.3) is 0 Å². The fourth-order valence-electron chi connectivity index (χ4n) is 2.18. The summed E-state index contributed by atoms with van der Waals surface area (Å²) < 4.78 is 1.98. The minimum Gasteiger partial charge on any atom is -0.271 e. The molecule has 1 atom stereocenters. The monoisotopic (exact) mass is 244 g/mol. The highest BCUT2D eigenvalue weighted by atomic mass is 15.3. The van der Waals surface area contributed by atoms with E-state index in [2.05, 4.69) is 41.7 Å². The van der Waals surface area contributed by atoms with Gasteiger partial charge in [0.25, 0.3) is 0 Å². The number of benzene rings is 1. The zero-order valence-electron chi connectivity index (χ0n) is 10.7. The van der Waals surface area contributed by atoms with E-state index in [-0.39, 0.29) is 6.04 Å². The molecule has 0 aliphatic rings. The van der Waals surface area contributed by atoms with E-state index < -0.39 is 0 Å². The minimum absolute atomic E-state index is 0.146. The van der Waals surface area contributed by atoms with E-state index in [4.69, 9.17) is 5.84 Å². The van der Waals surface area contributed by atoms with Crippen molar-refractivity contribution in [1.82, 2.24) is 15.2 Å². The predicted molar refractivity (Wildman–Crippen MR) is 72.7 cm³/mol. The highest BCUT2D eigenvalue weighted by Crippen LogP contribution is 2.18. The maximum absolute atomic E-state index is 5.66. The topological polar surface area (TPSA) is 55.9 Å². The summed E-state index contributed by atoms with van der Waals surface area (Å²) >= 11 is 0. The molecule has 2 aromatic rings. The van der Waals surface area contributed by atoms with Crippen LogP contribution in [0.4, 0.5) is 0 Å². The largest absolute Gasteiger partial charge is 0.271 e. The maximum atomic E-state index is 5.66. The van der Waals surface area contributed by atoms with Crippen molar-refractivity contribution >= 4 is 0 Å². The van der Waals surface area contributed by atoms with Crippen LogP contribution in [0.1, 0.15) is 30.6 Å². The number of aromatic nitrogens is 2. The van der Waals surface area contributed by atoms with E-state index in [1.165, 1.54) is 5.56 Å². The van der Waals surface area contributed by atoms with Crippen LogP contribution >= 0.6 is 0 Å². The average molecular weight is 244 g/mol. The van der Waals surface area contributed by atoms with Gasteiger partial charge in [-0.05, 0) is 31.4 Å². The first-order chi connectivity index (χ1) is 8.85. The van der Waals surface area contributed by atoms with Crippen molar-refractivity contribution in [3.63, 3.8) is 0 Å². The molecule has 0 bridgehead atoms. The van der Waals surface area contributed by atoms with Gasteiger partial charge in [0, 0.05) is 12.7 Å². The van der Waals surface area contributed by atoms with Gasteiger partial charge in [-0.25, -0.2) is 0 Å². The Morgan fingerprint density at radius 3 is 2.72 bits per heavy atom. The van der Waals surface area contributed by atoms with Crippen molar-refractivity contribution in [2.24, 2.45) is 5.84 Å². The van der Waals surface area contributed by atoms with Gasteiger partial charge in [-0.2, -0.15) is 5.10 Å². The Kier molecular flexibility index (Phi) is 4.50. The van der Waals surface area contributed by atoms with Crippen molar-refractivity contribution in [3.05, 3.63) is 53.9 Å². The number of hydrogen-bond acceptors (Lipinski definition) is 3. The maximum Gasteiger partial charge on any atom is 0.0632 e. The molecule has 0 aliphatic carbocycles. The molecule has 0 radical (unpaired) electrons. The third-order valence-corrected chi connectivity index (χ3v) is 3.17. The van der Waals surface area contributed by atoms with Crippen LogP contribution in [-0.4, -0.2) is 9.78 Å². The van der Waals surface area contributed by atoms with Gasteiger partial charge in [-0.3, -0.25) is 16.0 Å². The summed E-state index contributed by atoms with van der Waals surface area (Å²) in [4.78, 5) is 0. The van der Waals surface area contributed by atoms with Gasteiger partial charge in [0.2, 0.25) is 0 Å². The average Bonchev–Trinajstić information content (AvgIpc) is 2.89. The predicted octanol–water partition coefficient (Wildman–Crippen LogP) is 2.04. The summed E-state index contributed by atoms with van der Waals surface area (Å²) in [7, 11) is 0. The van der Waals surface area contributed by atoms with Crippen LogP contribution in [0.5, 0.6) is 0 Å². The van der Waals surface area contributed by atoms with Crippen molar-refractivity contribution < 1.29 is 0 Å². The van der Waals surface area contributed by atoms with Crippen molar-refractivity contribution in [1.29, 1.82) is 0 Å². The van der Waals surface area contributed by atoms with Crippen LogP contribution in [0, 0.1) is 0 Å². The zero-order chi connectivity index (χ0) is 12.8. The lowest BCUT2D eigenvalue weighted by Crippen LogP contribution is -2.30. The molecule has 0 fully saturated rings. The molecule has 3 N–H and O–H groups in total. The number of hydrogen-bond donors (Lipinski definition) is 2. The molecule has 1 unspecified atom stereocenters. The van der Waals surface area contributed by atoms with E-state index in [9.17, 15) is 0 Å².